The van der Waals surface area contributed by atoms with Gasteiger partial charge < -0.3 is 10.1 Å². The molecule has 1 unspecified atom stereocenters. The van der Waals surface area contributed by atoms with Crippen LogP contribution in [0.25, 0.3) is 0 Å². The normalized spacial score (nSPS) is 30.1. The Balaban J connectivity index is 1.65. The minimum absolute atomic E-state index is 0.313. The molecule has 0 radical (unpaired) electrons. The van der Waals surface area contributed by atoms with Gasteiger partial charge in [0.25, 0.3) is 10.2 Å². The van der Waals surface area contributed by atoms with Crippen molar-refractivity contribution in [2.24, 2.45) is 0 Å². The SMILES string of the molecule is CN1CCN(CCNCC2CCCO2)S1(=O)=O. The lowest BCUT2D eigenvalue weighted by Gasteiger charge is -2.17. The van der Waals surface area contributed by atoms with E-state index in [9.17, 15) is 8.42 Å². The fraction of sp³-hybridized carbons (Fsp3) is 1.00. The summed E-state index contributed by atoms with van der Waals surface area (Å²) in [7, 11) is -1.55. The monoisotopic (exact) mass is 263 g/mol. The fourth-order valence-electron chi connectivity index (χ4n) is 2.18. The van der Waals surface area contributed by atoms with E-state index in [1.54, 1.807) is 7.05 Å². The van der Waals surface area contributed by atoms with Gasteiger partial charge in [0.15, 0.2) is 0 Å². The highest BCUT2D eigenvalue weighted by molar-refractivity contribution is 7.87. The quantitative estimate of drug-likeness (QED) is 0.663. The maximum absolute atomic E-state index is 11.7. The Morgan fingerprint density at radius 1 is 1.41 bits per heavy atom. The lowest BCUT2D eigenvalue weighted by Crippen LogP contribution is -2.37. The highest BCUT2D eigenvalue weighted by Crippen LogP contribution is 2.13. The van der Waals surface area contributed by atoms with E-state index in [1.165, 1.54) is 8.61 Å². The second-order valence-corrected chi connectivity index (χ2v) is 6.60. The van der Waals surface area contributed by atoms with Gasteiger partial charge in [-0.3, -0.25) is 0 Å². The second-order valence-electron chi connectivity index (χ2n) is 4.57. The minimum Gasteiger partial charge on any atom is -0.377 e. The zero-order valence-corrected chi connectivity index (χ0v) is 11.1. The number of rotatable bonds is 5. The van der Waals surface area contributed by atoms with Crippen LogP contribution < -0.4 is 5.32 Å². The van der Waals surface area contributed by atoms with Crippen LogP contribution in [0, 0.1) is 0 Å². The summed E-state index contributed by atoms with van der Waals surface area (Å²) >= 11 is 0. The molecule has 6 nitrogen and oxygen atoms in total. The number of likely N-dealkylation sites (N-methyl/N-ethyl adjacent to an activating group) is 1. The third kappa shape index (κ3) is 3.17. The standard InChI is InChI=1S/C10H21N3O3S/c1-12-6-7-13(17(12,14)15)5-4-11-9-10-3-2-8-16-10/h10-11H,2-9H2,1H3. The van der Waals surface area contributed by atoms with Crippen molar-refractivity contribution in [3.05, 3.63) is 0 Å². The average Bonchev–Trinajstić information content (AvgIpc) is 2.87. The molecule has 0 aromatic carbocycles. The van der Waals surface area contributed by atoms with E-state index >= 15 is 0 Å². The summed E-state index contributed by atoms with van der Waals surface area (Å²) in [4.78, 5) is 0. The van der Waals surface area contributed by atoms with Crippen molar-refractivity contribution in [3.8, 4) is 0 Å². The molecule has 1 atom stereocenters. The highest BCUT2D eigenvalue weighted by Gasteiger charge is 2.32. The topological polar surface area (TPSA) is 61.9 Å². The molecule has 100 valence electrons. The van der Waals surface area contributed by atoms with E-state index in [-0.39, 0.29) is 0 Å². The van der Waals surface area contributed by atoms with Gasteiger partial charge in [0.1, 0.15) is 0 Å². The molecule has 0 bridgehead atoms. The summed E-state index contributed by atoms with van der Waals surface area (Å²) in [5, 5.41) is 3.26. The summed E-state index contributed by atoms with van der Waals surface area (Å²) in [6.45, 7) is 4.10. The molecular weight excluding hydrogens is 242 g/mol. The first-order valence-electron chi connectivity index (χ1n) is 6.14. The number of nitrogens with zero attached hydrogens (tertiary/aromatic N) is 2. The molecular formula is C10H21N3O3S. The smallest absolute Gasteiger partial charge is 0.281 e. The van der Waals surface area contributed by atoms with Crippen LogP contribution in [0.4, 0.5) is 0 Å². The maximum Gasteiger partial charge on any atom is 0.281 e. The first-order chi connectivity index (χ1) is 8.10. The molecule has 0 amide bonds. The predicted octanol–water partition coefficient (Wildman–Crippen LogP) is -0.753. The molecule has 2 fully saturated rings. The van der Waals surface area contributed by atoms with Crippen LogP contribution in [0.5, 0.6) is 0 Å². The van der Waals surface area contributed by atoms with E-state index < -0.39 is 10.2 Å². The largest absolute Gasteiger partial charge is 0.377 e. The Labute approximate surface area is 103 Å². The molecule has 0 spiro atoms. The number of hydrogen-bond donors (Lipinski definition) is 1. The molecule has 0 saturated carbocycles. The average molecular weight is 263 g/mol. The van der Waals surface area contributed by atoms with Crippen LogP contribution in [0.1, 0.15) is 12.8 Å². The molecule has 0 aromatic rings. The van der Waals surface area contributed by atoms with Gasteiger partial charge in [-0.1, -0.05) is 0 Å². The summed E-state index contributed by atoms with van der Waals surface area (Å²) in [5.74, 6) is 0. The molecule has 2 heterocycles. The van der Waals surface area contributed by atoms with Crippen LogP contribution in [0.2, 0.25) is 0 Å². The van der Waals surface area contributed by atoms with Crippen LogP contribution in [0.15, 0.2) is 0 Å². The molecule has 2 aliphatic heterocycles. The van der Waals surface area contributed by atoms with Gasteiger partial charge >= 0.3 is 0 Å². The van der Waals surface area contributed by atoms with Crippen molar-refractivity contribution in [1.82, 2.24) is 13.9 Å². The summed E-state index contributed by atoms with van der Waals surface area (Å²) in [5.41, 5.74) is 0. The van der Waals surface area contributed by atoms with Crippen molar-refractivity contribution in [2.45, 2.75) is 18.9 Å². The molecule has 17 heavy (non-hydrogen) atoms. The minimum atomic E-state index is -3.17. The Morgan fingerprint density at radius 3 is 2.82 bits per heavy atom. The van der Waals surface area contributed by atoms with Crippen molar-refractivity contribution >= 4 is 10.2 Å². The van der Waals surface area contributed by atoms with Gasteiger partial charge in [-0.05, 0) is 12.8 Å². The van der Waals surface area contributed by atoms with Crippen LogP contribution in [-0.4, -0.2) is 69.5 Å². The summed E-state index contributed by atoms with van der Waals surface area (Å²) < 4.78 is 31.9. The van der Waals surface area contributed by atoms with E-state index in [0.29, 0.717) is 32.3 Å². The van der Waals surface area contributed by atoms with E-state index in [0.717, 1.165) is 26.0 Å². The van der Waals surface area contributed by atoms with Gasteiger partial charge in [0.2, 0.25) is 0 Å². The van der Waals surface area contributed by atoms with Gasteiger partial charge in [0.05, 0.1) is 6.10 Å². The molecule has 2 aliphatic rings. The molecule has 2 rings (SSSR count). The molecule has 7 heteroatoms. The molecule has 0 aromatic heterocycles. The summed E-state index contributed by atoms with van der Waals surface area (Å²) in [6, 6.07) is 0. The van der Waals surface area contributed by atoms with Crippen LogP contribution in [0.3, 0.4) is 0 Å². The molecule has 2 saturated heterocycles. The van der Waals surface area contributed by atoms with E-state index in [4.69, 9.17) is 4.74 Å². The maximum atomic E-state index is 11.7. The number of ether oxygens (including phenoxy) is 1. The van der Waals surface area contributed by atoms with E-state index in [1.807, 2.05) is 0 Å². The molecule has 0 aliphatic carbocycles. The predicted molar refractivity (Wildman–Crippen MR) is 65.0 cm³/mol. The lowest BCUT2D eigenvalue weighted by molar-refractivity contribution is 0.110. The van der Waals surface area contributed by atoms with Crippen molar-refractivity contribution in [2.75, 3.05) is 46.4 Å². The Morgan fingerprint density at radius 2 is 2.24 bits per heavy atom. The first kappa shape index (κ1) is 13.2. The Bertz CT molecular complexity index is 341. The molecule has 1 N–H and O–H groups in total. The number of nitrogens with one attached hydrogen (secondary N) is 1. The van der Waals surface area contributed by atoms with Gasteiger partial charge in [0, 0.05) is 46.4 Å². The zero-order valence-electron chi connectivity index (χ0n) is 10.3. The van der Waals surface area contributed by atoms with Gasteiger partial charge in [-0.2, -0.15) is 17.0 Å². The fourth-order valence-corrected chi connectivity index (χ4v) is 3.52. The second kappa shape index (κ2) is 5.62. The Kier molecular flexibility index (Phi) is 4.37. The van der Waals surface area contributed by atoms with Crippen molar-refractivity contribution in [1.29, 1.82) is 0 Å². The van der Waals surface area contributed by atoms with Crippen molar-refractivity contribution < 1.29 is 13.2 Å². The Hall–Kier alpha value is -0.210. The van der Waals surface area contributed by atoms with E-state index in [2.05, 4.69) is 5.32 Å². The third-order valence-corrected chi connectivity index (χ3v) is 5.31. The summed E-state index contributed by atoms with van der Waals surface area (Å²) in [6.07, 6.45) is 2.56. The lowest BCUT2D eigenvalue weighted by atomic mass is 10.2. The van der Waals surface area contributed by atoms with Crippen LogP contribution >= 0.6 is 0 Å². The first-order valence-corrected chi connectivity index (χ1v) is 7.54. The van der Waals surface area contributed by atoms with Crippen molar-refractivity contribution in [3.63, 3.8) is 0 Å². The van der Waals surface area contributed by atoms with Gasteiger partial charge in [-0.25, -0.2) is 0 Å². The zero-order chi connectivity index (χ0) is 12.3. The highest BCUT2D eigenvalue weighted by atomic mass is 32.2. The third-order valence-electron chi connectivity index (χ3n) is 3.32. The van der Waals surface area contributed by atoms with Crippen LogP contribution in [-0.2, 0) is 14.9 Å². The number of hydrogen-bond acceptors (Lipinski definition) is 4. The van der Waals surface area contributed by atoms with Gasteiger partial charge in [-0.15, -0.1) is 0 Å².